The first kappa shape index (κ1) is 11.5. The fourth-order valence-electron chi connectivity index (χ4n) is 1.42. The maximum absolute atomic E-state index is 13.2. The van der Waals surface area contributed by atoms with Crippen LogP contribution in [0.25, 0.3) is 5.70 Å². The van der Waals surface area contributed by atoms with E-state index < -0.39 is 5.82 Å². The Morgan fingerprint density at radius 3 is 3.00 bits per heavy atom. The Balaban J connectivity index is 2.45. The van der Waals surface area contributed by atoms with Gasteiger partial charge in [0.15, 0.2) is 0 Å². The number of amidine groups is 1. The molecule has 1 aliphatic heterocycles. The van der Waals surface area contributed by atoms with Gasteiger partial charge in [0.2, 0.25) is 5.29 Å². The molecule has 0 saturated heterocycles. The van der Waals surface area contributed by atoms with E-state index in [4.69, 9.17) is 16.9 Å². The zero-order valence-electron chi connectivity index (χ0n) is 8.69. The highest BCUT2D eigenvalue weighted by Gasteiger charge is 2.08. The van der Waals surface area contributed by atoms with Crippen molar-refractivity contribution in [2.75, 3.05) is 0 Å². The molecule has 3 nitrogen and oxygen atoms in total. The summed E-state index contributed by atoms with van der Waals surface area (Å²) in [5, 5.41) is 8.87. The van der Waals surface area contributed by atoms with Crippen molar-refractivity contribution < 1.29 is 4.39 Å². The van der Waals surface area contributed by atoms with E-state index in [9.17, 15) is 4.39 Å². The molecule has 0 radical (unpaired) electrons. The van der Waals surface area contributed by atoms with E-state index in [0.717, 1.165) is 0 Å². The number of aliphatic imine (C=N–C) groups is 2. The van der Waals surface area contributed by atoms with E-state index >= 15 is 0 Å². The molecular formula is C12H7ClFN3. The summed E-state index contributed by atoms with van der Waals surface area (Å²) in [5.74, 6) is -0.545. The van der Waals surface area contributed by atoms with Crippen LogP contribution in [0.4, 0.5) is 4.39 Å². The van der Waals surface area contributed by atoms with Crippen LogP contribution in [0.3, 0.4) is 0 Å². The average Bonchev–Trinajstić information content (AvgIpc) is 2.54. The van der Waals surface area contributed by atoms with Crippen molar-refractivity contribution in [1.82, 2.24) is 0 Å². The second kappa shape index (κ2) is 4.89. The highest BCUT2D eigenvalue weighted by Crippen LogP contribution is 2.21. The summed E-state index contributed by atoms with van der Waals surface area (Å²) in [6.07, 6.45) is 4.04. The van der Waals surface area contributed by atoms with Crippen LogP contribution in [-0.2, 0) is 0 Å². The van der Waals surface area contributed by atoms with Gasteiger partial charge in [0, 0.05) is 18.2 Å². The molecule has 0 fully saturated rings. The van der Waals surface area contributed by atoms with Crippen LogP contribution in [0.1, 0.15) is 17.5 Å². The molecule has 5 heteroatoms. The van der Waals surface area contributed by atoms with Crippen LogP contribution in [0.5, 0.6) is 0 Å². The lowest BCUT2D eigenvalue weighted by Gasteiger charge is -2.02. The Morgan fingerprint density at radius 1 is 1.41 bits per heavy atom. The van der Waals surface area contributed by atoms with Crippen molar-refractivity contribution in [2.24, 2.45) is 9.98 Å². The zero-order chi connectivity index (χ0) is 12.3. The molecule has 1 aliphatic rings. The molecule has 0 atom stereocenters. The first-order valence-corrected chi connectivity index (χ1v) is 5.25. The van der Waals surface area contributed by atoms with Gasteiger partial charge in [-0.25, -0.2) is 14.4 Å². The van der Waals surface area contributed by atoms with Crippen molar-refractivity contribution in [2.45, 2.75) is 6.42 Å². The van der Waals surface area contributed by atoms with Crippen LogP contribution in [0, 0.1) is 17.1 Å². The molecule has 1 aromatic rings. The van der Waals surface area contributed by atoms with Crippen molar-refractivity contribution in [3.05, 3.63) is 41.2 Å². The number of rotatable bonds is 1. The van der Waals surface area contributed by atoms with Crippen molar-refractivity contribution in [1.29, 1.82) is 5.26 Å². The largest absolute Gasteiger partial charge is 0.231 e. The van der Waals surface area contributed by atoms with E-state index in [2.05, 4.69) is 9.98 Å². The summed E-state index contributed by atoms with van der Waals surface area (Å²) in [4.78, 5) is 7.92. The van der Waals surface area contributed by atoms with E-state index in [0.29, 0.717) is 17.7 Å². The molecule has 1 aromatic carbocycles. The fourth-order valence-corrected chi connectivity index (χ4v) is 1.58. The maximum atomic E-state index is 13.2. The van der Waals surface area contributed by atoms with Crippen LogP contribution < -0.4 is 0 Å². The van der Waals surface area contributed by atoms with Gasteiger partial charge in [-0.3, -0.25) is 0 Å². The third kappa shape index (κ3) is 2.58. The molecule has 2 rings (SSSR count). The minimum absolute atomic E-state index is 0.0140. The number of allylic oxidation sites excluding steroid dienone is 1. The summed E-state index contributed by atoms with van der Waals surface area (Å²) in [7, 11) is 0. The number of hydrogen-bond acceptors (Lipinski definition) is 3. The Labute approximate surface area is 103 Å². The van der Waals surface area contributed by atoms with Crippen LogP contribution in [-0.4, -0.2) is 11.5 Å². The lowest BCUT2D eigenvalue weighted by Crippen LogP contribution is -1.89. The van der Waals surface area contributed by atoms with Gasteiger partial charge >= 0.3 is 0 Å². The lowest BCUT2D eigenvalue weighted by molar-refractivity contribution is 0.624. The topological polar surface area (TPSA) is 48.5 Å². The van der Waals surface area contributed by atoms with E-state index in [1.54, 1.807) is 18.4 Å². The molecule has 0 spiro atoms. The quantitative estimate of drug-likeness (QED) is 0.704. The standard InChI is InChI=1S/C12H7ClFN3/c13-12-16-5-1-2-11(17-12)8-3-4-10(14)9(6-8)7-15/h2-6H,1H2. The zero-order valence-corrected chi connectivity index (χ0v) is 9.45. The average molecular weight is 248 g/mol. The number of nitriles is 1. The first-order chi connectivity index (χ1) is 8.20. The normalized spacial score (nSPS) is 14.6. The molecule has 17 heavy (non-hydrogen) atoms. The van der Waals surface area contributed by atoms with Crippen LogP contribution in [0.2, 0.25) is 0 Å². The molecule has 0 bridgehead atoms. The second-order valence-electron chi connectivity index (χ2n) is 3.32. The van der Waals surface area contributed by atoms with Gasteiger partial charge in [0.05, 0.1) is 11.3 Å². The molecule has 0 unspecified atom stereocenters. The Bertz CT molecular complexity index is 582. The van der Waals surface area contributed by atoms with Gasteiger partial charge in [-0.1, -0.05) is 6.08 Å². The van der Waals surface area contributed by atoms with E-state index in [-0.39, 0.29) is 10.9 Å². The van der Waals surface area contributed by atoms with Gasteiger partial charge in [-0.2, -0.15) is 5.26 Å². The summed E-state index contributed by atoms with van der Waals surface area (Å²) in [6.45, 7) is 0. The molecule has 0 amide bonds. The predicted octanol–water partition coefficient (Wildman–Crippen LogP) is 3.11. The molecule has 0 aliphatic carbocycles. The van der Waals surface area contributed by atoms with Gasteiger partial charge in [0.1, 0.15) is 11.9 Å². The monoisotopic (exact) mass is 247 g/mol. The summed E-state index contributed by atoms with van der Waals surface area (Å²) < 4.78 is 13.2. The fraction of sp³-hybridized carbons (Fsp3) is 0.0833. The van der Waals surface area contributed by atoms with E-state index in [1.165, 1.54) is 12.1 Å². The molecule has 1 heterocycles. The summed E-state index contributed by atoms with van der Waals surface area (Å²) >= 11 is 5.74. The summed E-state index contributed by atoms with van der Waals surface area (Å²) in [6, 6.07) is 6.03. The van der Waals surface area contributed by atoms with Crippen LogP contribution in [0.15, 0.2) is 34.3 Å². The smallest absolute Gasteiger partial charge is 0.222 e. The number of hydrogen-bond donors (Lipinski definition) is 0. The number of nitrogens with zero attached hydrogens (tertiary/aromatic N) is 3. The highest BCUT2D eigenvalue weighted by atomic mass is 35.5. The molecular weight excluding hydrogens is 241 g/mol. The number of benzene rings is 1. The second-order valence-corrected chi connectivity index (χ2v) is 3.66. The molecule has 84 valence electrons. The van der Waals surface area contributed by atoms with Gasteiger partial charge in [-0.05, 0) is 29.8 Å². The Hall–Kier alpha value is -1.99. The van der Waals surface area contributed by atoms with E-state index in [1.807, 2.05) is 6.08 Å². The summed E-state index contributed by atoms with van der Waals surface area (Å²) in [5.41, 5.74) is 1.22. The third-order valence-corrected chi connectivity index (χ3v) is 2.39. The van der Waals surface area contributed by atoms with Crippen LogP contribution >= 0.6 is 11.6 Å². The predicted molar refractivity (Wildman–Crippen MR) is 65.5 cm³/mol. The maximum Gasteiger partial charge on any atom is 0.222 e. The third-order valence-electron chi connectivity index (χ3n) is 2.21. The SMILES string of the molecule is N#Cc1cc(C2=CCC=NC(Cl)=N2)ccc1F. The number of halogens is 2. The molecule has 0 saturated carbocycles. The van der Waals surface area contributed by atoms with Crippen molar-refractivity contribution in [3.8, 4) is 6.07 Å². The minimum atomic E-state index is -0.545. The van der Waals surface area contributed by atoms with Crippen molar-refractivity contribution in [3.63, 3.8) is 0 Å². The first-order valence-electron chi connectivity index (χ1n) is 4.87. The van der Waals surface area contributed by atoms with Gasteiger partial charge in [-0.15, -0.1) is 0 Å². The minimum Gasteiger partial charge on any atom is -0.231 e. The molecule has 0 N–H and O–H groups in total. The van der Waals surface area contributed by atoms with Gasteiger partial charge in [0.25, 0.3) is 0 Å². The molecule has 0 aromatic heterocycles. The van der Waals surface area contributed by atoms with Gasteiger partial charge < -0.3 is 0 Å². The Kier molecular flexibility index (Phi) is 3.31. The highest BCUT2D eigenvalue weighted by molar-refractivity contribution is 6.65. The Morgan fingerprint density at radius 2 is 2.24 bits per heavy atom. The van der Waals surface area contributed by atoms with Crippen molar-refractivity contribution >= 4 is 28.8 Å². The lowest BCUT2D eigenvalue weighted by atomic mass is 10.1.